The van der Waals surface area contributed by atoms with E-state index in [9.17, 15) is 9.59 Å². The first kappa shape index (κ1) is 26.9. The molecule has 3 heterocycles. The number of methoxy groups -OCH3 is 1. The van der Waals surface area contributed by atoms with Crippen molar-refractivity contribution in [3.05, 3.63) is 66.1 Å². The smallest absolute Gasteiger partial charge is 0.407 e. The third-order valence-corrected chi connectivity index (χ3v) is 7.47. The number of carbonyl (C=O) groups excluding carboxylic acids is 2. The molecule has 39 heavy (non-hydrogen) atoms. The van der Waals surface area contributed by atoms with Crippen LogP contribution in [-0.2, 0) is 19.0 Å². The highest BCUT2D eigenvalue weighted by atomic mass is 16.6. The van der Waals surface area contributed by atoms with Crippen LogP contribution in [-0.4, -0.2) is 66.4 Å². The first-order chi connectivity index (χ1) is 18.9. The number of ether oxygens (including phenoxy) is 3. The molecule has 2 fully saturated rings. The molecule has 0 radical (unpaired) electrons. The summed E-state index contributed by atoms with van der Waals surface area (Å²) in [6.07, 6.45) is 2.90. The summed E-state index contributed by atoms with van der Waals surface area (Å²) in [4.78, 5) is 35.1. The molecule has 1 unspecified atom stereocenters. The molecule has 9 heteroatoms. The van der Waals surface area contributed by atoms with Gasteiger partial charge in [0.2, 0.25) is 5.91 Å². The zero-order valence-corrected chi connectivity index (χ0v) is 22.7. The third kappa shape index (κ3) is 5.99. The molecule has 5 rings (SSSR count). The fourth-order valence-corrected chi connectivity index (χ4v) is 5.26. The van der Waals surface area contributed by atoms with Gasteiger partial charge in [-0.15, -0.1) is 0 Å². The Bertz CT molecular complexity index is 1270. The van der Waals surface area contributed by atoms with Crippen LogP contribution in [0.15, 0.2) is 54.7 Å². The Kier molecular flexibility index (Phi) is 8.28. The van der Waals surface area contributed by atoms with Gasteiger partial charge in [-0.05, 0) is 41.0 Å². The van der Waals surface area contributed by atoms with Crippen LogP contribution in [0, 0.1) is 5.92 Å². The van der Waals surface area contributed by atoms with Crippen LogP contribution in [0.25, 0.3) is 22.4 Å². The maximum absolute atomic E-state index is 13.4. The van der Waals surface area contributed by atoms with Crippen molar-refractivity contribution in [1.29, 1.82) is 0 Å². The van der Waals surface area contributed by atoms with Gasteiger partial charge >= 0.3 is 6.09 Å². The summed E-state index contributed by atoms with van der Waals surface area (Å²) in [5, 5.41) is 2.69. The van der Waals surface area contributed by atoms with E-state index >= 15 is 0 Å². The predicted octanol–water partition coefficient (Wildman–Crippen LogP) is 4.88. The van der Waals surface area contributed by atoms with Crippen molar-refractivity contribution in [2.24, 2.45) is 5.92 Å². The number of rotatable bonds is 7. The van der Waals surface area contributed by atoms with Crippen molar-refractivity contribution < 1.29 is 23.8 Å². The summed E-state index contributed by atoms with van der Waals surface area (Å²) in [6.45, 7) is 6.32. The van der Waals surface area contributed by atoms with Crippen LogP contribution in [0.5, 0.6) is 0 Å². The Balaban J connectivity index is 1.27. The van der Waals surface area contributed by atoms with Crippen molar-refractivity contribution in [2.45, 2.75) is 44.9 Å². The van der Waals surface area contributed by atoms with Crippen molar-refractivity contribution >= 4 is 12.0 Å². The van der Waals surface area contributed by atoms with Gasteiger partial charge < -0.3 is 29.4 Å². The molecule has 2 aliphatic heterocycles. The van der Waals surface area contributed by atoms with E-state index in [4.69, 9.17) is 14.2 Å². The van der Waals surface area contributed by atoms with Crippen molar-refractivity contribution in [2.75, 3.05) is 33.5 Å². The topological polar surface area (TPSA) is 106 Å². The number of hydrogen-bond acceptors (Lipinski definition) is 6. The van der Waals surface area contributed by atoms with Gasteiger partial charge in [0.1, 0.15) is 18.0 Å². The second kappa shape index (κ2) is 12.0. The van der Waals surface area contributed by atoms with Crippen molar-refractivity contribution in [3.8, 4) is 22.4 Å². The fourth-order valence-electron chi connectivity index (χ4n) is 5.26. The van der Waals surface area contributed by atoms with E-state index in [2.05, 4.69) is 63.8 Å². The largest absolute Gasteiger partial charge is 0.453 e. The summed E-state index contributed by atoms with van der Waals surface area (Å²) in [5.41, 5.74) is 5.29. The van der Waals surface area contributed by atoms with Crippen LogP contribution in [0.4, 0.5) is 4.79 Å². The average molecular weight is 533 g/mol. The predicted molar refractivity (Wildman–Crippen MR) is 147 cm³/mol. The molecular formula is C30H36N4O5. The number of hydrogen-bond donors (Lipinski definition) is 2. The van der Waals surface area contributed by atoms with Gasteiger partial charge in [0.05, 0.1) is 44.9 Å². The number of amides is 2. The molecule has 2 N–H and O–H groups in total. The van der Waals surface area contributed by atoms with Crippen LogP contribution in [0.3, 0.4) is 0 Å². The Morgan fingerprint density at radius 3 is 2.38 bits per heavy atom. The monoisotopic (exact) mass is 532 g/mol. The lowest BCUT2D eigenvalue weighted by Gasteiger charge is -2.30. The molecule has 0 bridgehead atoms. The van der Waals surface area contributed by atoms with Gasteiger partial charge in [-0.25, -0.2) is 9.78 Å². The number of aromatic amines is 1. The summed E-state index contributed by atoms with van der Waals surface area (Å²) in [6, 6.07) is 16.0. The SMILES string of the molecule is COC(=O)N[C@H](C(=O)N1CCC[C@H]1c1ncc(-c2ccc(-c3ccc(C4COCCO4)cc3)cc2)[nH]1)C(C)C. The molecule has 0 saturated carbocycles. The summed E-state index contributed by atoms with van der Waals surface area (Å²) in [5.74, 6) is 0.563. The molecule has 9 nitrogen and oxygen atoms in total. The molecule has 3 aromatic rings. The quantitative estimate of drug-likeness (QED) is 0.450. The first-order valence-corrected chi connectivity index (χ1v) is 13.5. The Morgan fingerprint density at radius 2 is 1.74 bits per heavy atom. The molecule has 3 atom stereocenters. The number of carbonyl (C=O) groups is 2. The van der Waals surface area contributed by atoms with E-state index in [0.717, 1.165) is 46.6 Å². The fraction of sp³-hybridized carbons (Fsp3) is 0.433. The van der Waals surface area contributed by atoms with Gasteiger partial charge in [-0.2, -0.15) is 0 Å². The number of nitrogens with one attached hydrogen (secondary N) is 2. The molecule has 2 aliphatic rings. The number of alkyl carbamates (subject to hydrolysis) is 1. The lowest BCUT2D eigenvalue weighted by atomic mass is 10.0. The van der Waals surface area contributed by atoms with E-state index < -0.39 is 12.1 Å². The maximum atomic E-state index is 13.4. The first-order valence-electron chi connectivity index (χ1n) is 13.5. The molecule has 2 saturated heterocycles. The molecule has 2 aromatic carbocycles. The standard InChI is InChI=1S/C30H36N4O5/c1-19(2)27(33-30(36)37-3)29(35)34-14-4-5-25(34)28-31-17-24(32-28)22-10-6-20(7-11-22)21-8-12-23(13-9-21)26-18-38-15-16-39-26/h6-13,17,19,25-27H,4-5,14-16,18H2,1-3H3,(H,31,32)(H,33,36)/t25-,26?,27-/m0/s1. The van der Waals surface area contributed by atoms with Gasteiger partial charge in [0.15, 0.2) is 0 Å². The number of likely N-dealkylation sites (tertiary alicyclic amines) is 1. The van der Waals surface area contributed by atoms with Gasteiger partial charge in [-0.3, -0.25) is 4.79 Å². The molecule has 1 aromatic heterocycles. The molecule has 2 amide bonds. The summed E-state index contributed by atoms with van der Waals surface area (Å²) in [7, 11) is 1.30. The molecule has 206 valence electrons. The average Bonchev–Trinajstić information content (AvgIpc) is 3.66. The zero-order valence-electron chi connectivity index (χ0n) is 22.7. The van der Waals surface area contributed by atoms with Crippen LogP contribution in [0.2, 0.25) is 0 Å². The number of H-pyrrole nitrogens is 1. The number of imidazole rings is 1. The highest BCUT2D eigenvalue weighted by Crippen LogP contribution is 2.33. The van der Waals surface area contributed by atoms with Crippen molar-refractivity contribution in [1.82, 2.24) is 20.2 Å². The Morgan fingerprint density at radius 1 is 1.05 bits per heavy atom. The van der Waals surface area contributed by atoms with E-state index in [1.54, 1.807) is 0 Å². The Labute approximate surface area is 228 Å². The normalized spacial score (nSPS) is 20.2. The minimum absolute atomic E-state index is 0.00351. The van der Waals surface area contributed by atoms with Crippen LogP contribution >= 0.6 is 0 Å². The minimum Gasteiger partial charge on any atom is -0.453 e. The van der Waals surface area contributed by atoms with Gasteiger partial charge in [0, 0.05) is 6.54 Å². The minimum atomic E-state index is -0.655. The van der Waals surface area contributed by atoms with E-state index in [0.29, 0.717) is 26.4 Å². The summed E-state index contributed by atoms with van der Waals surface area (Å²) < 4.78 is 16.0. The van der Waals surface area contributed by atoms with E-state index in [1.165, 1.54) is 7.11 Å². The highest BCUT2D eigenvalue weighted by molar-refractivity contribution is 5.86. The van der Waals surface area contributed by atoms with Crippen molar-refractivity contribution in [3.63, 3.8) is 0 Å². The van der Waals surface area contributed by atoms with E-state index in [1.807, 2.05) is 24.9 Å². The molecule has 0 spiro atoms. The number of nitrogens with zero attached hydrogens (tertiary/aromatic N) is 2. The number of benzene rings is 2. The lowest BCUT2D eigenvalue weighted by molar-refractivity contribution is -0.135. The second-order valence-electron chi connectivity index (χ2n) is 10.4. The number of aromatic nitrogens is 2. The molecule has 0 aliphatic carbocycles. The van der Waals surface area contributed by atoms with E-state index in [-0.39, 0.29) is 24.0 Å². The maximum Gasteiger partial charge on any atom is 0.407 e. The lowest BCUT2D eigenvalue weighted by Crippen LogP contribution is -2.51. The van der Waals surface area contributed by atoms with Gasteiger partial charge in [0.25, 0.3) is 0 Å². The molecular weight excluding hydrogens is 496 g/mol. The third-order valence-electron chi connectivity index (χ3n) is 7.47. The second-order valence-corrected chi connectivity index (χ2v) is 10.4. The van der Waals surface area contributed by atoms with Gasteiger partial charge in [-0.1, -0.05) is 62.4 Å². The highest BCUT2D eigenvalue weighted by Gasteiger charge is 2.37. The van der Waals surface area contributed by atoms with Crippen LogP contribution < -0.4 is 5.32 Å². The zero-order chi connectivity index (χ0) is 27.4. The summed E-state index contributed by atoms with van der Waals surface area (Å²) >= 11 is 0. The van der Waals surface area contributed by atoms with Crippen LogP contribution in [0.1, 0.15) is 50.2 Å². The Hall–Kier alpha value is -3.69.